The fraction of sp³-hybridized carbons (Fsp3) is 0.154. The van der Waals surface area contributed by atoms with E-state index in [4.69, 9.17) is 10.2 Å². The van der Waals surface area contributed by atoms with Crippen molar-refractivity contribution in [2.24, 2.45) is 0 Å². The SMILES string of the molecule is CN(Cc1ccco1)C(=O)c1cc(Br)ccc1N. The highest BCUT2D eigenvalue weighted by atomic mass is 79.9. The molecular formula is C13H13BrN2O2. The van der Waals surface area contributed by atoms with Crippen molar-refractivity contribution in [3.8, 4) is 0 Å². The van der Waals surface area contributed by atoms with Crippen LogP contribution in [-0.2, 0) is 6.54 Å². The molecule has 94 valence electrons. The molecule has 0 unspecified atom stereocenters. The summed E-state index contributed by atoms with van der Waals surface area (Å²) >= 11 is 3.33. The first kappa shape index (κ1) is 12.7. The molecule has 2 aromatic rings. The number of hydrogen-bond acceptors (Lipinski definition) is 3. The summed E-state index contributed by atoms with van der Waals surface area (Å²) < 4.78 is 6.04. The number of furan rings is 1. The summed E-state index contributed by atoms with van der Waals surface area (Å²) in [6.45, 7) is 0.414. The van der Waals surface area contributed by atoms with Crippen LogP contribution in [0.3, 0.4) is 0 Å². The van der Waals surface area contributed by atoms with E-state index in [9.17, 15) is 4.79 Å². The molecule has 0 saturated heterocycles. The normalized spacial score (nSPS) is 10.3. The van der Waals surface area contributed by atoms with Gasteiger partial charge in [-0.25, -0.2) is 0 Å². The number of nitrogens with two attached hydrogens (primary N) is 1. The Morgan fingerprint density at radius 3 is 2.89 bits per heavy atom. The van der Waals surface area contributed by atoms with Gasteiger partial charge in [0, 0.05) is 17.2 Å². The van der Waals surface area contributed by atoms with Gasteiger partial charge in [-0.05, 0) is 30.3 Å². The van der Waals surface area contributed by atoms with Crippen LogP contribution in [-0.4, -0.2) is 17.9 Å². The first-order chi connectivity index (χ1) is 8.58. The Labute approximate surface area is 114 Å². The highest BCUT2D eigenvalue weighted by Gasteiger charge is 2.16. The van der Waals surface area contributed by atoms with Crippen LogP contribution < -0.4 is 5.73 Å². The van der Waals surface area contributed by atoms with Gasteiger partial charge in [-0.2, -0.15) is 0 Å². The topological polar surface area (TPSA) is 59.5 Å². The van der Waals surface area contributed by atoms with Crippen LogP contribution in [0.25, 0.3) is 0 Å². The molecule has 0 bridgehead atoms. The number of halogens is 1. The molecule has 1 amide bonds. The predicted molar refractivity (Wildman–Crippen MR) is 73.1 cm³/mol. The average Bonchev–Trinajstić information content (AvgIpc) is 2.84. The van der Waals surface area contributed by atoms with E-state index in [0.29, 0.717) is 17.8 Å². The zero-order valence-electron chi connectivity index (χ0n) is 9.89. The summed E-state index contributed by atoms with van der Waals surface area (Å²) in [4.78, 5) is 13.8. The van der Waals surface area contributed by atoms with Gasteiger partial charge in [-0.15, -0.1) is 0 Å². The lowest BCUT2D eigenvalue weighted by atomic mass is 10.1. The number of carbonyl (C=O) groups is 1. The molecule has 5 heteroatoms. The lowest BCUT2D eigenvalue weighted by molar-refractivity contribution is 0.0776. The number of rotatable bonds is 3. The molecule has 2 N–H and O–H groups in total. The standard InChI is InChI=1S/C13H13BrN2O2/c1-16(8-10-3-2-6-18-10)13(17)11-7-9(14)4-5-12(11)15/h2-7H,8,15H2,1H3. The second kappa shape index (κ2) is 5.27. The molecule has 0 atom stereocenters. The van der Waals surface area contributed by atoms with Gasteiger partial charge in [0.2, 0.25) is 0 Å². The van der Waals surface area contributed by atoms with Crippen LogP contribution in [0.2, 0.25) is 0 Å². The van der Waals surface area contributed by atoms with Crippen LogP contribution in [0, 0.1) is 0 Å². The van der Waals surface area contributed by atoms with Crippen LogP contribution in [0.15, 0.2) is 45.5 Å². The Morgan fingerprint density at radius 1 is 1.44 bits per heavy atom. The first-order valence-corrected chi connectivity index (χ1v) is 6.20. The smallest absolute Gasteiger partial charge is 0.256 e. The first-order valence-electron chi connectivity index (χ1n) is 5.41. The molecule has 0 aliphatic rings. The fourth-order valence-electron chi connectivity index (χ4n) is 1.63. The van der Waals surface area contributed by atoms with Crippen LogP contribution in [0.5, 0.6) is 0 Å². The van der Waals surface area contributed by atoms with Gasteiger partial charge in [-0.3, -0.25) is 4.79 Å². The van der Waals surface area contributed by atoms with Crippen molar-refractivity contribution in [1.29, 1.82) is 0 Å². The second-order valence-electron chi connectivity index (χ2n) is 3.97. The lowest BCUT2D eigenvalue weighted by Crippen LogP contribution is -2.26. The predicted octanol–water partition coefficient (Wildman–Crippen LogP) is 2.90. The summed E-state index contributed by atoms with van der Waals surface area (Å²) in [6.07, 6.45) is 1.58. The number of nitrogen functional groups attached to an aromatic ring is 1. The van der Waals surface area contributed by atoms with Gasteiger partial charge in [-0.1, -0.05) is 15.9 Å². The van der Waals surface area contributed by atoms with Crippen LogP contribution >= 0.6 is 15.9 Å². The summed E-state index contributed by atoms with van der Waals surface area (Å²) in [5.74, 6) is 0.601. The minimum Gasteiger partial charge on any atom is -0.467 e. The minimum absolute atomic E-state index is 0.134. The second-order valence-corrected chi connectivity index (χ2v) is 4.89. The largest absolute Gasteiger partial charge is 0.467 e. The van der Waals surface area contributed by atoms with E-state index in [-0.39, 0.29) is 5.91 Å². The van der Waals surface area contributed by atoms with Crippen LogP contribution in [0.1, 0.15) is 16.1 Å². The van der Waals surface area contributed by atoms with E-state index >= 15 is 0 Å². The van der Waals surface area contributed by atoms with E-state index in [1.54, 1.807) is 42.5 Å². The monoisotopic (exact) mass is 308 g/mol. The highest BCUT2D eigenvalue weighted by molar-refractivity contribution is 9.10. The lowest BCUT2D eigenvalue weighted by Gasteiger charge is -2.17. The van der Waals surface area contributed by atoms with Crippen molar-refractivity contribution >= 4 is 27.5 Å². The zero-order valence-corrected chi connectivity index (χ0v) is 11.5. The zero-order chi connectivity index (χ0) is 13.1. The van der Waals surface area contributed by atoms with Gasteiger partial charge < -0.3 is 15.1 Å². The maximum Gasteiger partial charge on any atom is 0.256 e. The Morgan fingerprint density at radius 2 is 2.22 bits per heavy atom. The van der Waals surface area contributed by atoms with Gasteiger partial charge >= 0.3 is 0 Å². The molecule has 1 aromatic carbocycles. The number of nitrogens with zero attached hydrogens (tertiary/aromatic N) is 1. The summed E-state index contributed by atoms with van der Waals surface area (Å²) in [7, 11) is 1.71. The molecule has 0 spiro atoms. The number of amides is 1. The Kier molecular flexibility index (Phi) is 3.72. The Bertz CT molecular complexity index is 552. The fourth-order valence-corrected chi connectivity index (χ4v) is 1.99. The number of hydrogen-bond donors (Lipinski definition) is 1. The van der Waals surface area contributed by atoms with Crippen molar-refractivity contribution in [3.05, 3.63) is 52.4 Å². The molecule has 18 heavy (non-hydrogen) atoms. The molecule has 0 fully saturated rings. The quantitative estimate of drug-likeness (QED) is 0.887. The van der Waals surface area contributed by atoms with E-state index in [2.05, 4.69) is 15.9 Å². The van der Waals surface area contributed by atoms with Gasteiger partial charge in [0.25, 0.3) is 5.91 Å². The molecule has 4 nitrogen and oxygen atoms in total. The van der Waals surface area contributed by atoms with Gasteiger partial charge in [0.05, 0.1) is 18.4 Å². The van der Waals surface area contributed by atoms with Crippen molar-refractivity contribution in [3.63, 3.8) is 0 Å². The summed E-state index contributed by atoms with van der Waals surface area (Å²) in [5, 5.41) is 0. The molecule has 0 aliphatic carbocycles. The number of anilines is 1. The molecule has 2 rings (SSSR count). The number of carbonyl (C=O) groups excluding carboxylic acids is 1. The minimum atomic E-state index is -0.134. The van der Waals surface area contributed by atoms with E-state index in [1.807, 2.05) is 6.07 Å². The average molecular weight is 309 g/mol. The van der Waals surface area contributed by atoms with Gasteiger partial charge in [0.15, 0.2) is 0 Å². The maximum atomic E-state index is 12.2. The van der Waals surface area contributed by atoms with E-state index in [0.717, 1.165) is 10.2 Å². The molecule has 1 heterocycles. The van der Waals surface area contributed by atoms with Crippen molar-refractivity contribution in [2.75, 3.05) is 12.8 Å². The highest BCUT2D eigenvalue weighted by Crippen LogP contribution is 2.20. The Balaban J connectivity index is 2.17. The molecule has 0 radical (unpaired) electrons. The molecule has 1 aromatic heterocycles. The molecular weight excluding hydrogens is 296 g/mol. The third-order valence-corrected chi connectivity index (χ3v) is 3.06. The van der Waals surface area contributed by atoms with Gasteiger partial charge in [0.1, 0.15) is 5.76 Å². The van der Waals surface area contributed by atoms with E-state index < -0.39 is 0 Å². The maximum absolute atomic E-state index is 12.2. The van der Waals surface area contributed by atoms with Crippen molar-refractivity contribution in [1.82, 2.24) is 4.90 Å². The van der Waals surface area contributed by atoms with Crippen molar-refractivity contribution in [2.45, 2.75) is 6.54 Å². The third kappa shape index (κ3) is 2.73. The third-order valence-electron chi connectivity index (χ3n) is 2.57. The van der Waals surface area contributed by atoms with Crippen molar-refractivity contribution < 1.29 is 9.21 Å². The van der Waals surface area contributed by atoms with Crippen LogP contribution in [0.4, 0.5) is 5.69 Å². The van der Waals surface area contributed by atoms with E-state index in [1.165, 1.54) is 0 Å². The summed E-state index contributed by atoms with van der Waals surface area (Å²) in [6, 6.07) is 8.85. The Hall–Kier alpha value is -1.75. The molecule has 0 saturated carbocycles. The molecule has 0 aliphatic heterocycles. The number of benzene rings is 1. The summed E-state index contributed by atoms with van der Waals surface area (Å²) in [5.41, 5.74) is 6.76.